The van der Waals surface area contributed by atoms with Gasteiger partial charge in [-0.2, -0.15) is 0 Å². The summed E-state index contributed by atoms with van der Waals surface area (Å²) in [5, 5.41) is 10.00. The highest BCUT2D eigenvalue weighted by Crippen LogP contribution is 2.27. The van der Waals surface area contributed by atoms with Gasteiger partial charge in [0.05, 0.1) is 12.6 Å². The minimum absolute atomic E-state index is 0.300. The van der Waals surface area contributed by atoms with Crippen molar-refractivity contribution >= 4 is 11.6 Å². The molecule has 0 saturated carbocycles. The highest BCUT2D eigenvalue weighted by molar-refractivity contribution is 6.28. The van der Waals surface area contributed by atoms with E-state index in [0.717, 1.165) is 24.4 Å². The number of halogens is 1. The van der Waals surface area contributed by atoms with Gasteiger partial charge in [0, 0.05) is 11.9 Å². The SMILES string of the molecule is OC1CCc2cnc(-c3ccc(Cl)o3)n2C1. The number of imidazole rings is 1. The average Bonchev–Trinajstić information content (AvgIpc) is 2.83. The lowest BCUT2D eigenvalue weighted by molar-refractivity contribution is 0.132. The van der Waals surface area contributed by atoms with Crippen molar-refractivity contribution in [3.8, 4) is 11.6 Å². The van der Waals surface area contributed by atoms with Crippen LogP contribution in [0.1, 0.15) is 12.1 Å². The molecular formula is C11H11ClN2O2. The predicted molar refractivity (Wildman–Crippen MR) is 59.3 cm³/mol. The number of furan rings is 1. The van der Waals surface area contributed by atoms with Crippen molar-refractivity contribution in [1.82, 2.24) is 9.55 Å². The van der Waals surface area contributed by atoms with Crippen LogP contribution in [0, 0.1) is 0 Å². The van der Waals surface area contributed by atoms with Crippen LogP contribution >= 0.6 is 11.6 Å². The molecule has 0 aliphatic carbocycles. The van der Waals surface area contributed by atoms with Gasteiger partial charge in [-0.25, -0.2) is 4.98 Å². The molecule has 1 aliphatic heterocycles. The molecule has 0 radical (unpaired) electrons. The molecule has 1 unspecified atom stereocenters. The number of rotatable bonds is 1. The molecule has 2 aromatic rings. The number of aliphatic hydroxyl groups is 1. The van der Waals surface area contributed by atoms with E-state index in [1.807, 2.05) is 10.8 Å². The number of fused-ring (bicyclic) bond motifs is 1. The first-order valence-electron chi connectivity index (χ1n) is 5.22. The standard InChI is InChI=1S/C11H11ClN2O2/c12-10-4-3-9(16-10)11-13-5-7-1-2-8(15)6-14(7)11/h3-5,8,15H,1-2,6H2. The summed E-state index contributed by atoms with van der Waals surface area (Å²) in [7, 11) is 0. The summed E-state index contributed by atoms with van der Waals surface area (Å²) in [5.74, 6) is 1.38. The van der Waals surface area contributed by atoms with Crippen molar-refractivity contribution < 1.29 is 9.52 Å². The molecule has 0 spiro atoms. The summed E-state index contributed by atoms with van der Waals surface area (Å²) in [6.45, 7) is 0.572. The quantitative estimate of drug-likeness (QED) is 0.828. The molecule has 3 heterocycles. The molecule has 16 heavy (non-hydrogen) atoms. The van der Waals surface area contributed by atoms with Gasteiger partial charge in [0.2, 0.25) is 0 Å². The molecular weight excluding hydrogens is 228 g/mol. The number of aromatic nitrogens is 2. The third-order valence-corrected chi connectivity index (χ3v) is 3.06. The van der Waals surface area contributed by atoms with Crippen molar-refractivity contribution in [2.45, 2.75) is 25.5 Å². The second-order valence-electron chi connectivity index (χ2n) is 3.98. The van der Waals surface area contributed by atoms with E-state index in [4.69, 9.17) is 16.0 Å². The molecule has 1 atom stereocenters. The second-order valence-corrected chi connectivity index (χ2v) is 4.35. The van der Waals surface area contributed by atoms with Crippen LogP contribution in [0.3, 0.4) is 0 Å². The lowest BCUT2D eigenvalue weighted by Gasteiger charge is -2.20. The molecule has 1 N–H and O–H groups in total. The fraction of sp³-hybridized carbons (Fsp3) is 0.364. The maximum absolute atomic E-state index is 9.65. The van der Waals surface area contributed by atoms with Crippen LogP contribution in [0.25, 0.3) is 11.6 Å². The van der Waals surface area contributed by atoms with Crippen molar-refractivity contribution in [2.24, 2.45) is 0 Å². The molecule has 4 nitrogen and oxygen atoms in total. The molecule has 2 aromatic heterocycles. The second kappa shape index (κ2) is 3.64. The van der Waals surface area contributed by atoms with Crippen molar-refractivity contribution in [2.75, 3.05) is 0 Å². The van der Waals surface area contributed by atoms with Gasteiger partial charge in [0.25, 0.3) is 0 Å². The molecule has 84 valence electrons. The van der Waals surface area contributed by atoms with Gasteiger partial charge in [-0.1, -0.05) is 0 Å². The Hall–Kier alpha value is -1.26. The van der Waals surface area contributed by atoms with Gasteiger partial charge in [0.15, 0.2) is 16.8 Å². The van der Waals surface area contributed by atoms with Crippen LogP contribution < -0.4 is 0 Å². The van der Waals surface area contributed by atoms with Gasteiger partial charge < -0.3 is 14.1 Å². The Morgan fingerprint density at radius 1 is 1.50 bits per heavy atom. The van der Waals surface area contributed by atoms with Crippen molar-refractivity contribution in [1.29, 1.82) is 0 Å². The summed E-state index contributed by atoms with van der Waals surface area (Å²) in [4.78, 5) is 4.32. The minimum atomic E-state index is -0.300. The van der Waals surface area contributed by atoms with Crippen molar-refractivity contribution in [3.63, 3.8) is 0 Å². The monoisotopic (exact) mass is 238 g/mol. The number of nitrogens with zero attached hydrogens (tertiary/aromatic N) is 2. The Bertz CT molecular complexity index is 518. The van der Waals surface area contributed by atoms with Crippen LogP contribution in [0.15, 0.2) is 22.7 Å². The zero-order chi connectivity index (χ0) is 11.1. The molecule has 0 saturated heterocycles. The molecule has 0 bridgehead atoms. The van der Waals surface area contributed by atoms with E-state index in [0.29, 0.717) is 17.5 Å². The highest BCUT2D eigenvalue weighted by Gasteiger charge is 2.21. The Balaban J connectivity index is 2.06. The number of aliphatic hydroxyl groups excluding tert-OH is 1. The van der Waals surface area contributed by atoms with Gasteiger partial charge >= 0.3 is 0 Å². The van der Waals surface area contributed by atoms with Crippen LogP contribution in [-0.2, 0) is 13.0 Å². The van der Waals surface area contributed by atoms with Crippen LogP contribution in [0.4, 0.5) is 0 Å². The third-order valence-electron chi connectivity index (χ3n) is 2.86. The van der Waals surface area contributed by atoms with E-state index in [9.17, 15) is 5.11 Å². The van der Waals surface area contributed by atoms with Gasteiger partial charge in [-0.3, -0.25) is 0 Å². The molecule has 0 amide bonds. The first-order chi connectivity index (χ1) is 7.74. The number of hydrogen-bond acceptors (Lipinski definition) is 3. The molecule has 3 rings (SSSR count). The first kappa shape index (κ1) is 9.93. The van der Waals surface area contributed by atoms with E-state index in [1.54, 1.807) is 12.1 Å². The van der Waals surface area contributed by atoms with Gasteiger partial charge in [0.1, 0.15) is 0 Å². The fourth-order valence-electron chi connectivity index (χ4n) is 2.06. The summed E-state index contributed by atoms with van der Waals surface area (Å²) in [5.41, 5.74) is 1.13. The Kier molecular flexibility index (Phi) is 2.26. The van der Waals surface area contributed by atoms with E-state index >= 15 is 0 Å². The van der Waals surface area contributed by atoms with E-state index < -0.39 is 0 Å². The Labute approximate surface area is 97.5 Å². The molecule has 1 aliphatic rings. The molecule has 0 aromatic carbocycles. The molecule has 0 fully saturated rings. The van der Waals surface area contributed by atoms with Gasteiger partial charge in [-0.15, -0.1) is 0 Å². The normalized spacial score (nSPS) is 19.8. The summed E-state index contributed by atoms with van der Waals surface area (Å²) >= 11 is 5.74. The number of hydrogen-bond donors (Lipinski definition) is 1. The average molecular weight is 239 g/mol. The zero-order valence-corrected chi connectivity index (χ0v) is 9.31. The minimum Gasteiger partial charge on any atom is -0.441 e. The topological polar surface area (TPSA) is 51.2 Å². The smallest absolute Gasteiger partial charge is 0.194 e. The summed E-state index contributed by atoms with van der Waals surface area (Å²) in [6, 6.07) is 3.48. The Morgan fingerprint density at radius 3 is 3.12 bits per heavy atom. The predicted octanol–water partition coefficient (Wildman–Crippen LogP) is 2.10. The summed E-state index contributed by atoms with van der Waals surface area (Å²) in [6.07, 6.45) is 3.18. The van der Waals surface area contributed by atoms with Crippen LogP contribution in [0.5, 0.6) is 0 Å². The van der Waals surface area contributed by atoms with Crippen LogP contribution in [-0.4, -0.2) is 20.8 Å². The lowest BCUT2D eigenvalue weighted by Crippen LogP contribution is -2.24. The maximum atomic E-state index is 9.65. The largest absolute Gasteiger partial charge is 0.441 e. The van der Waals surface area contributed by atoms with Crippen molar-refractivity contribution in [3.05, 3.63) is 29.2 Å². The first-order valence-corrected chi connectivity index (χ1v) is 5.60. The van der Waals surface area contributed by atoms with E-state index in [2.05, 4.69) is 4.98 Å². The highest BCUT2D eigenvalue weighted by atomic mass is 35.5. The van der Waals surface area contributed by atoms with E-state index in [-0.39, 0.29) is 6.10 Å². The Morgan fingerprint density at radius 2 is 2.38 bits per heavy atom. The van der Waals surface area contributed by atoms with Gasteiger partial charge in [-0.05, 0) is 36.6 Å². The van der Waals surface area contributed by atoms with Crippen LogP contribution in [0.2, 0.25) is 5.22 Å². The third kappa shape index (κ3) is 1.54. The van der Waals surface area contributed by atoms with E-state index in [1.165, 1.54) is 0 Å². The zero-order valence-electron chi connectivity index (χ0n) is 8.56. The lowest BCUT2D eigenvalue weighted by atomic mass is 10.1. The maximum Gasteiger partial charge on any atom is 0.194 e. The summed E-state index contributed by atoms with van der Waals surface area (Å²) < 4.78 is 7.32. The molecule has 5 heteroatoms. The fourth-order valence-corrected chi connectivity index (χ4v) is 2.21. The number of aryl methyl sites for hydroxylation is 1.